The minimum Gasteiger partial charge on any atom is -0.497 e. The lowest BCUT2D eigenvalue weighted by atomic mass is 9.81. The Bertz CT molecular complexity index is 2420. The first kappa shape index (κ1) is 37.9. The van der Waals surface area contributed by atoms with E-state index in [4.69, 9.17) is 9.84 Å². The topological polar surface area (TPSA) is 119 Å². The van der Waals surface area contributed by atoms with Gasteiger partial charge in [0.05, 0.1) is 54.6 Å². The van der Waals surface area contributed by atoms with E-state index in [0.717, 1.165) is 83.4 Å². The van der Waals surface area contributed by atoms with E-state index in [1.165, 1.54) is 12.0 Å². The molecule has 8 rings (SSSR count). The standard InChI is InChI=1S/C44H52N6O5S/c1-7-47-18-17-33-22-34(47)25-48(33)44(52)38-23-45-50(28(4)5)41(38)32-19-31-20-35(55-6)14-16-36(31)42-40(29-11-9-8-10-12-29)37-15-13-30(21-39(37)49(42)24-32)43(51)46-56(53,54)26-27(2)3/h13-16,19-21,23,27-29,33-34H,7-12,22,24-26H2,1-6H3,(H,46,51)/t33?,34-/m1/s1. The maximum atomic E-state index is 14.7. The molecule has 294 valence electrons. The van der Waals surface area contributed by atoms with Gasteiger partial charge in [-0.25, -0.2) is 13.1 Å². The van der Waals surface area contributed by atoms with Gasteiger partial charge in [-0.3, -0.25) is 14.3 Å². The molecule has 2 atom stereocenters. The van der Waals surface area contributed by atoms with Crippen molar-refractivity contribution in [2.75, 3.05) is 26.0 Å². The molecular formula is C44H52N6O5S. The minimum atomic E-state index is -3.83. The number of aromatic nitrogens is 3. The van der Waals surface area contributed by atoms with E-state index in [0.29, 0.717) is 24.6 Å². The Labute approximate surface area is 330 Å². The number of rotatable bonds is 10. The summed E-state index contributed by atoms with van der Waals surface area (Å²) in [5.41, 5.74) is 7.63. The number of fused-ring (bicyclic) bond motifs is 7. The summed E-state index contributed by atoms with van der Waals surface area (Å²) in [7, 11) is -2.16. The van der Waals surface area contributed by atoms with E-state index < -0.39 is 15.9 Å². The van der Waals surface area contributed by atoms with Crippen molar-refractivity contribution in [1.82, 2.24) is 28.9 Å². The molecule has 1 aliphatic carbocycles. The quantitative estimate of drug-likeness (QED) is 0.168. The first-order valence-corrected chi connectivity index (χ1v) is 21.8. The molecule has 4 aromatic rings. The van der Waals surface area contributed by atoms with Gasteiger partial charge >= 0.3 is 0 Å². The Balaban J connectivity index is 1.32. The van der Waals surface area contributed by atoms with E-state index in [-0.39, 0.29) is 41.3 Å². The van der Waals surface area contributed by atoms with Gasteiger partial charge in [0.1, 0.15) is 5.75 Å². The van der Waals surface area contributed by atoms with Crippen molar-refractivity contribution in [2.45, 2.75) is 104 Å². The van der Waals surface area contributed by atoms with Gasteiger partial charge in [-0.2, -0.15) is 5.10 Å². The number of hydrogen-bond donors (Lipinski definition) is 1. The number of methoxy groups -OCH3 is 1. The summed E-state index contributed by atoms with van der Waals surface area (Å²) in [4.78, 5) is 32.4. The molecule has 2 aromatic carbocycles. The zero-order valence-electron chi connectivity index (χ0n) is 33.3. The highest BCUT2D eigenvalue weighted by Crippen LogP contribution is 2.48. The van der Waals surface area contributed by atoms with Gasteiger partial charge in [0.15, 0.2) is 0 Å². The fourth-order valence-electron chi connectivity index (χ4n) is 9.38. The van der Waals surface area contributed by atoms with Crippen molar-refractivity contribution in [3.05, 3.63) is 70.5 Å². The predicted octanol–water partition coefficient (Wildman–Crippen LogP) is 7.29. The van der Waals surface area contributed by atoms with Crippen LogP contribution in [0.4, 0.5) is 0 Å². The van der Waals surface area contributed by atoms with Crippen LogP contribution < -0.4 is 9.46 Å². The summed E-state index contributed by atoms with van der Waals surface area (Å²) in [5, 5.41) is 5.90. The number of nitrogens with one attached hydrogen (secondary N) is 1. The number of allylic oxidation sites excluding steroid dienone is 1. The summed E-state index contributed by atoms with van der Waals surface area (Å²) in [6.45, 7) is 11.7. The number of nitrogens with zero attached hydrogens (tertiary/aromatic N) is 5. The molecule has 5 heterocycles. The van der Waals surface area contributed by atoms with E-state index in [9.17, 15) is 18.0 Å². The van der Waals surface area contributed by atoms with Crippen LogP contribution in [0.15, 0.2) is 42.6 Å². The number of benzene rings is 2. The second kappa shape index (κ2) is 14.8. The van der Waals surface area contributed by atoms with Crippen LogP contribution in [0.3, 0.4) is 0 Å². The summed E-state index contributed by atoms with van der Waals surface area (Å²) in [6.07, 6.45) is 10.3. The van der Waals surface area contributed by atoms with Crippen LogP contribution in [0.1, 0.15) is 123 Å². The monoisotopic (exact) mass is 776 g/mol. The van der Waals surface area contributed by atoms with Gasteiger partial charge in [-0.1, -0.05) is 45.1 Å². The van der Waals surface area contributed by atoms with Gasteiger partial charge in [0.2, 0.25) is 10.0 Å². The van der Waals surface area contributed by atoms with Crippen molar-refractivity contribution in [1.29, 1.82) is 0 Å². The lowest BCUT2D eigenvalue weighted by Gasteiger charge is -2.24. The van der Waals surface area contributed by atoms with Crippen LogP contribution in [-0.2, 0) is 16.6 Å². The second-order valence-electron chi connectivity index (χ2n) is 16.5. The van der Waals surface area contributed by atoms with E-state index >= 15 is 0 Å². The number of likely N-dealkylation sites (tertiary alicyclic amines) is 1. The minimum absolute atomic E-state index is 0.0459. The van der Waals surface area contributed by atoms with Gasteiger partial charge in [-0.15, -0.1) is 0 Å². The summed E-state index contributed by atoms with van der Waals surface area (Å²) < 4.78 is 38.1. The molecule has 1 N–H and O–H groups in total. The molecule has 2 fully saturated rings. The van der Waals surface area contributed by atoms with Gasteiger partial charge < -0.3 is 19.1 Å². The third-order valence-electron chi connectivity index (χ3n) is 11.9. The normalized spacial score (nSPS) is 19.4. The lowest BCUT2D eigenvalue weighted by Crippen LogP contribution is -2.36. The van der Waals surface area contributed by atoms with E-state index in [1.54, 1.807) is 19.4 Å². The first-order chi connectivity index (χ1) is 26.9. The van der Waals surface area contributed by atoms with Crippen LogP contribution >= 0.6 is 0 Å². The number of hydrogen-bond acceptors (Lipinski definition) is 7. The molecule has 2 bridgehead atoms. The second-order valence-corrected chi connectivity index (χ2v) is 18.3. The molecule has 2 amide bonds. The number of amides is 2. The third kappa shape index (κ3) is 6.78. The molecule has 1 saturated carbocycles. The Morgan fingerprint density at radius 1 is 1.04 bits per heavy atom. The molecule has 12 heteroatoms. The largest absolute Gasteiger partial charge is 0.497 e. The van der Waals surface area contributed by atoms with Gasteiger partial charge in [0, 0.05) is 53.6 Å². The zero-order valence-corrected chi connectivity index (χ0v) is 34.1. The molecule has 3 aliphatic heterocycles. The summed E-state index contributed by atoms with van der Waals surface area (Å²) in [6, 6.07) is 15.0. The van der Waals surface area contributed by atoms with Gasteiger partial charge in [0.25, 0.3) is 11.8 Å². The molecule has 11 nitrogen and oxygen atoms in total. The van der Waals surface area contributed by atoms with Crippen LogP contribution in [0.25, 0.3) is 33.8 Å². The van der Waals surface area contributed by atoms with Crippen molar-refractivity contribution < 1.29 is 22.7 Å². The highest BCUT2D eigenvalue weighted by atomic mass is 32.2. The summed E-state index contributed by atoms with van der Waals surface area (Å²) >= 11 is 0. The van der Waals surface area contributed by atoms with Crippen LogP contribution in [0.5, 0.6) is 5.75 Å². The Kier molecular flexibility index (Phi) is 10.0. The number of carbonyl (C=O) groups excluding carboxylic acids is 2. The van der Waals surface area contributed by atoms with Crippen molar-refractivity contribution in [2.24, 2.45) is 5.92 Å². The van der Waals surface area contributed by atoms with E-state index in [1.807, 2.05) is 41.6 Å². The molecule has 2 aromatic heterocycles. The molecule has 0 spiro atoms. The molecule has 4 aliphatic rings. The van der Waals surface area contributed by atoms with E-state index in [2.05, 4.69) is 65.1 Å². The molecule has 1 unspecified atom stereocenters. The first-order valence-electron chi connectivity index (χ1n) is 20.1. The molecule has 1 saturated heterocycles. The Hall–Kier alpha value is -5.02. The SMILES string of the molecule is CCN1C#CC2C[C@@H]1CN2C(=O)c1cnn(C(C)C)c1C1=Cc2cc(OC)ccc2-c2c(C3CCCCC3)c3ccc(C(=O)NS(=O)(=O)CC(C)C)cc3n2C1. The number of likely N-dealkylation sites (N-methyl/N-ethyl adjacent to an activating group) is 1. The number of sulfonamides is 1. The maximum absolute atomic E-state index is 14.7. The number of carbonyl (C=O) groups is 2. The maximum Gasteiger partial charge on any atom is 0.264 e. The van der Waals surface area contributed by atoms with Crippen LogP contribution in [-0.4, -0.2) is 82.4 Å². The predicted molar refractivity (Wildman–Crippen MR) is 220 cm³/mol. The smallest absolute Gasteiger partial charge is 0.264 e. The van der Waals surface area contributed by atoms with Gasteiger partial charge in [-0.05, 0) is 98.6 Å². The average Bonchev–Trinajstić information content (AvgIpc) is 3.82. The molecule has 56 heavy (non-hydrogen) atoms. The zero-order chi connectivity index (χ0) is 39.5. The third-order valence-corrected chi connectivity index (χ3v) is 13.5. The average molecular weight is 777 g/mol. The van der Waals surface area contributed by atoms with Crippen molar-refractivity contribution >= 4 is 44.4 Å². The molecular weight excluding hydrogens is 725 g/mol. The van der Waals surface area contributed by atoms with Crippen molar-refractivity contribution in [3.8, 4) is 29.0 Å². The summed E-state index contributed by atoms with van der Waals surface area (Å²) in [5.74, 6) is 3.36. The lowest BCUT2D eigenvalue weighted by molar-refractivity contribution is 0.0760. The fourth-order valence-corrected chi connectivity index (χ4v) is 10.7. The highest BCUT2D eigenvalue weighted by Gasteiger charge is 2.41. The molecule has 0 radical (unpaired) electrons. The van der Waals surface area contributed by atoms with Crippen LogP contribution in [0, 0.1) is 17.9 Å². The van der Waals surface area contributed by atoms with Crippen molar-refractivity contribution in [3.63, 3.8) is 0 Å². The Morgan fingerprint density at radius 3 is 2.54 bits per heavy atom. The highest BCUT2D eigenvalue weighted by molar-refractivity contribution is 7.90. The van der Waals surface area contributed by atoms with Crippen LogP contribution in [0.2, 0.25) is 0 Å². The fraction of sp³-hybridized carbons (Fsp3) is 0.477. The Morgan fingerprint density at radius 2 is 1.82 bits per heavy atom. The number of ether oxygens (including phenoxy) is 1.